The quantitative estimate of drug-likeness (QED) is 0.615. The summed E-state index contributed by atoms with van der Waals surface area (Å²) in [7, 11) is 1.58. The van der Waals surface area contributed by atoms with E-state index >= 15 is 0 Å². The Morgan fingerprint density at radius 3 is 2.48 bits per heavy atom. The molecule has 114 valence electrons. The molecule has 0 spiro atoms. The van der Waals surface area contributed by atoms with E-state index in [0.717, 1.165) is 41.7 Å². The van der Waals surface area contributed by atoms with E-state index in [1.165, 1.54) is 0 Å². The average molecular weight is 353 g/mol. The number of hydrogen-bond donors (Lipinski definition) is 0. The van der Waals surface area contributed by atoms with Crippen LogP contribution in [0, 0.1) is 5.92 Å². The first-order chi connectivity index (χ1) is 10.2. The third-order valence-electron chi connectivity index (χ3n) is 3.87. The van der Waals surface area contributed by atoms with Crippen molar-refractivity contribution in [2.75, 3.05) is 20.2 Å². The van der Waals surface area contributed by atoms with Crippen LogP contribution in [0.15, 0.2) is 33.9 Å². The zero-order chi connectivity index (χ0) is 15.2. The van der Waals surface area contributed by atoms with Gasteiger partial charge in [0, 0.05) is 29.9 Å². The second-order valence-corrected chi connectivity index (χ2v) is 6.09. The Labute approximate surface area is 134 Å². The van der Waals surface area contributed by atoms with Crippen LogP contribution in [-0.4, -0.2) is 36.7 Å². The first-order valence-corrected chi connectivity index (χ1v) is 8.09. The van der Waals surface area contributed by atoms with Crippen molar-refractivity contribution in [3.8, 4) is 0 Å². The maximum Gasteiger partial charge on any atom is 0.222 e. The van der Waals surface area contributed by atoms with Gasteiger partial charge in [0.1, 0.15) is 7.11 Å². The van der Waals surface area contributed by atoms with Gasteiger partial charge in [0.05, 0.1) is 5.71 Å². The normalized spacial score (nSPS) is 16.9. The van der Waals surface area contributed by atoms with Gasteiger partial charge in [-0.1, -0.05) is 40.1 Å². The number of oxime groups is 1. The molecule has 1 amide bonds. The third-order valence-corrected chi connectivity index (χ3v) is 4.40. The number of piperidine rings is 1. The predicted octanol–water partition coefficient (Wildman–Crippen LogP) is 3.45. The number of likely N-dealkylation sites (tertiary alicyclic amines) is 1. The van der Waals surface area contributed by atoms with Gasteiger partial charge >= 0.3 is 0 Å². The number of benzene rings is 1. The summed E-state index contributed by atoms with van der Waals surface area (Å²) in [4.78, 5) is 18.7. The van der Waals surface area contributed by atoms with Crippen LogP contribution in [0.4, 0.5) is 0 Å². The van der Waals surface area contributed by atoms with Crippen LogP contribution in [0.3, 0.4) is 0 Å². The van der Waals surface area contributed by atoms with Crippen molar-refractivity contribution in [2.24, 2.45) is 11.1 Å². The molecule has 21 heavy (non-hydrogen) atoms. The van der Waals surface area contributed by atoms with Crippen molar-refractivity contribution < 1.29 is 9.63 Å². The summed E-state index contributed by atoms with van der Waals surface area (Å²) in [6.45, 7) is 3.52. The van der Waals surface area contributed by atoms with Gasteiger partial charge in [-0.2, -0.15) is 0 Å². The number of carbonyl (C=O) groups is 1. The minimum Gasteiger partial charge on any atom is -0.399 e. The van der Waals surface area contributed by atoms with Crippen LogP contribution in [0.2, 0.25) is 0 Å². The summed E-state index contributed by atoms with van der Waals surface area (Å²) < 4.78 is 1.05. The van der Waals surface area contributed by atoms with E-state index in [1.54, 1.807) is 7.11 Å². The number of nitrogens with zero attached hydrogens (tertiary/aromatic N) is 2. The van der Waals surface area contributed by atoms with E-state index in [0.29, 0.717) is 12.3 Å². The van der Waals surface area contributed by atoms with Gasteiger partial charge in [0.15, 0.2) is 0 Å². The van der Waals surface area contributed by atoms with E-state index in [2.05, 4.69) is 21.1 Å². The van der Waals surface area contributed by atoms with Crippen molar-refractivity contribution in [3.05, 3.63) is 34.3 Å². The molecule has 1 aliphatic heterocycles. The van der Waals surface area contributed by atoms with Gasteiger partial charge in [-0.25, -0.2) is 0 Å². The highest BCUT2D eigenvalue weighted by Gasteiger charge is 2.26. The van der Waals surface area contributed by atoms with Crippen molar-refractivity contribution in [3.63, 3.8) is 0 Å². The molecule has 1 heterocycles. The molecule has 0 aromatic heterocycles. The summed E-state index contributed by atoms with van der Waals surface area (Å²) in [6.07, 6.45) is 2.45. The molecular formula is C16H21BrN2O2. The lowest BCUT2D eigenvalue weighted by Gasteiger charge is -2.32. The monoisotopic (exact) mass is 352 g/mol. The Bertz CT molecular complexity index is 506. The van der Waals surface area contributed by atoms with Gasteiger partial charge in [0.25, 0.3) is 0 Å². The summed E-state index contributed by atoms with van der Waals surface area (Å²) >= 11 is 3.45. The maximum atomic E-state index is 11.7. The van der Waals surface area contributed by atoms with E-state index < -0.39 is 0 Å². The first kappa shape index (κ1) is 16.0. The van der Waals surface area contributed by atoms with Crippen molar-refractivity contribution >= 4 is 27.5 Å². The van der Waals surface area contributed by atoms with E-state index in [4.69, 9.17) is 4.84 Å². The van der Waals surface area contributed by atoms with Gasteiger partial charge < -0.3 is 9.74 Å². The fraction of sp³-hybridized carbons (Fsp3) is 0.500. The SMILES string of the molecule is CCC(=O)N1CCC(/C(=N/OC)c2ccc(Br)cc2)CC1. The molecule has 0 N–H and O–H groups in total. The highest BCUT2D eigenvalue weighted by atomic mass is 79.9. The molecule has 0 saturated carbocycles. The molecule has 5 heteroatoms. The number of hydrogen-bond acceptors (Lipinski definition) is 3. The smallest absolute Gasteiger partial charge is 0.222 e. The lowest BCUT2D eigenvalue weighted by atomic mass is 9.88. The molecular weight excluding hydrogens is 332 g/mol. The number of amides is 1. The molecule has 1 aromatic carbocycles. The lowest BCUT2D eigenvalue weighted by molar-refractivity contribution is -0.131. The van der Waals surface area contributed by atoms with Crippen LogP contribution >= 0.6 is 15.9 Å². The summed E-state index contributed by atoms with van der Waals surface area (Å²) in [5, 5.41) is 4.24. The minimum atomic E-state index is 0.238. The average Bonchev–Trinajstić information content (AvgIpc) is 2.53. The molecule has 0 bridgehead atoms. The van der Waals surface area contributed by atoms with Gasteiger partial charge in [-0.15, -0.1) is 0 Å². The molecule has 0 radical (unpaired) electrons. The fourth-order valence-corrected chi connectivity index (χ4v) is 2.97. The standard InChI is InChI=1S/C16H21BrN2O2/c1-3-15(20)19-10-8-13(9-11-19)16(18-21-2)12-4-6-14(17)7-5-12/h4-7,13H,3,8-11H2,1-2H3/b18-16+. The van der Waals surface area contributed by atoms with E-state index in [-0.39, 0.29) is 5.91 Å². The van der Waals surface area contributed by atoms with Crippen LogP contribution in [0.25, 0.3) is 0 Å². The Morgan fingerprint density at radius 2 is 1.95 bits per heavy atom. The second kappa shape index (κ2) is 7.59. The van der Waals surface area contributed by atoms with Gasteiger partial charge in [-0.05, 0) is 30.5 Å². The van der Waals surface area contributed by atoms with E-state index in [9.17, 15) is 4.79 Å². The Kier molecular flexibility index (Phi) is 5.79. The molecule has 2 rings (SSSR count). The number of halogens is 1. The largest absolute Gasteiger partial charge is 0.399 e. The van der Waals surface area contributed by atoms with Gasteiger partial charge in [0.2, 0.25) is 5.91 Å². The van der Waals surface area contributed by atoms with Crippen molar-refractivity contribution in [1.82, 2.24) is 4.90 Å². The predicted molar refractivity (Wildman–Crippen MR) is 87.3 cm³/mol. The second-order valence-electron chi connectivity index (χ2n) is 5.17. The topological polar surface area (TPSA) is 41.9 Å². The van der Waals surface area contributed by atoms with E-state index in [1.807, 2.05) is 36.1 Å². The van der Waals surface area contributed by atoms with Gasteiger partial charge in [-0.3, -0.25) is 4.79 Å². The van der Waals surface area contributed by atoms with Crippen LogP contribution in [0.5, 0.6) is 0 Å². The third kappa shape index (κ3) is 4.06. The molecule has 1 aliphatic rings. The van der Waals surface area contributed by atoms with Crippen molar-refractivity contribution in [1.29, 1.82) is 0 Å². The highest BCUT2D eigenvalue weighted by molar-refractivity contribution is 9.10. The molecule has 0 atom stereocenters. The van der Waals surface area contributed by atoms with Crippen LogP contribution in [-0.2, 0) is 9.63 Å². The summed E-state index contributed by atoms with van der Waals surface area (Å²) in [6, 6.07) is 8.11. The Hall–Kier alpha value is -1.36. The lowest BCUT2D eigenvalue weighted by Crippen LogP contribution is -2.40. The highest BCUT2D eigenvalue weighted by Crippen LogP contribution is 2.24. The molecule has 1 saturated heterocycles. The molecule has 0 aliphatic carbocycles. The molecule has 4 nitrogen and oxygen atoms in total. The molecule has 0 unspecified atom stereocenters. The Morgan fingerprint density at radius 1 is 1.33 bits per heavy atom. The van der Waals surface area contributed by atoms with Crippen molar-refractivity contribution in [2.45, 2.75) is 26.2 Å². The minimum absolute atomic E-state index is 0.238. The number of rotatable bonds is 4. The summed E-state index contributed by atoms with van der Waals surface area (Å²) in [5.41, 5.74) is 2.06. The Balaban J connectivity index is 2.09. The van der Waals surface area contributed by atoms with Crippen LogP contribution in [0.1, 0.15) is 31.7 Å². The first-order valence-electron chi connectivity index (χ1n) is 7.30. The fourth-order valence-electron chi connectivity index (χ4n) is 2.71. The molecule has 1 fully saturated rings. The zero-order valence-electron chi connectivity index (χ0n) is 12.5. The maximum absolute atomic E-state index is 11.7. The zero-order valence-corrected chi connectivity index (χ0v) is 14.1. The molecule has 1 aromatic rings. The summed E-state index contributed by atoms with van der Waals surface area (Å²) in [5.74, 6) is 0.578. The van der Waals surface area contributed by atoms with Crippen LogP contribution < -0.4 is 0 Å². The number of carbonyl (C=O) groups excluding carboxylic acids is 1.